The van der Waals surface area contributed by atoms with Gasteiger partial charge in [0, 0.05) is 16.1 Å². The maximum absolute atomic E-state index is 13.6. The zero-order valence-corrected chi connectivity index (χ0v) is 12.3. The van der Waals surface area contributed by atoms with Gasteiger partial charge >= 0.3 is 0 Å². The summed E-state index contributed by atoms with van der Waals surface area (Å²) in [6, 6.07) is 8.46. The third-order valence-corrected chi connectivity index (χ3v) is 3.29. The molecule has 0 amide bonds. The van der Waals surface area contributed by atoms with E-state index in [-0.39, 0.29) is 23.1 Å². The molecule has 0 saturated heterocycles. The summed E-state index contributed by atoms with van der Waals surface area (Å²) >= 11 is 8.80. The van der Waals surface area contributed by atoms with Crippen molar-refractivity contribution in [2.75, 3.05) is 0 Å². The van der Waals surface area contributed by atoms with Crippen LogP contribution in [0.5, 0.6) is 11.5 Å². The van der Waals surface area contributed by atoms with Gasteiger partial charge in [-0.05, 0) is 30.3 Å². The molecule has 0 radical (unpaired) electrons. The van der Waals surface area contributed by atoms with Gasteiger partial charge in [-0.1, -0.05) is 15.9 Å². The minimum atomic E-state index is -0.537. The van der Waals surface area contributed by atoms with E-state index in [2.05, 4.69) is 15.9 Å². The lowest BCUT2D eigenvalue weighted by Gasteiger charge is -2.08. The maximum Gasteiger partial charge on any atom is 0.274 e. The third-order valence-electron chi connectivity index (χ3n) is 2.51. The summed E-state index contributed by atoms with van der Waals surface area (Å²) in [5, 5.41) is 10.8. The van der Waals surface area contributed by atoms with Crippen LogP contribution in [0.1, 0.15) is 5.56 Å². The smallest absolute Gasteiger partial charge is 0.274 e. The molecule has 104 valence electrons. The molecule has 0 bridgehead atoms. The fourth-order valence-electron chi connectivity index (χ4n) is 1.60. The van der Waals surface area contributed by atoms with Crippen molar-refractivity contribution in [1.82, 2.24) is 0 Å². The highest BCUT2D eigenvalue weighted by atomic mass is 79.9. The van der Waals surface area contributed by atoms with Crippen molar-refractivity contribution in [3.8, 4) is 11.5 Å². The van der Waals surface area contributed by atoms with Gasteiger partial charge in [-0.2, -0.15) is 0 Å². The zero-order valence-electron chi connectivity index (χ0n) is 9.98. The summed E-state index contributed by atoms with van der Waals surface area (Å²) in [5.41, 5.74) is 0.218. The number of hydrogen-bond donors (Lipinski definition) is 0. The lowest BCUT2D eigenvalue weighted by molar-refractivity contribution is -0.385. The molecule has 0 atom stereocenters. The average Bonchev–Trinajstić information content (AvgIpc) is 2.41. The van der Waals surface area contributed by atoms with Crippen molar-refractivity contribution in [1.29, 1.82) is 0 Å². The summed E-state index contributed by atoms with van der Waals surface area (Å²) in [7, 11) is 0. The standard InChI is InChI=1S/C13H8BrClFNO3/c14-9-1-4-13(11(16)6-9)20-10-2-3-12(17(18)19)8(5-10)7-15/h1-6H,7H2. The number of halogens is 3. The van der Waals surface area contributed by atoms with Crippen LogP contribution in [0.3, 0.4) is 0 Å². The van der Waals surface area contributed by atoms with Gasteiger partial charge in [0.25, 0.3) is 5.69 Å². The predicted octanol–water partition coefficient (Wildman–Crippen LogP) is 5.03. The molecule has 2 aromatic carbocycles. The van der Waals surface area contributed by atoms with E-state index in [0.717, 1.165) is 0 Å². The zero-order chi connectivity index (χ0) is 14.7. The Kier molecular flexibility index (Phi) is 4.57. The van der Waals surface area contributed by atoms with Crippen LogP contribution < -0.4 is 4.74 Å². The van der Waals surface area contributed by atoms with Crippen molar-refractivity contribution in [3.05, 3.63) is 62.4 Å². The van der Waals surface area contributed by atoms with Gasteiger partial charge in [0.05, 0.1) is 10.8 Å². The molecule has 0 aromatic heterocycles. The molecule has 20 heavy (non-hydrogen) atoms. The van der Waals surface area contributed by atoms with Gasteiger partial charge in [-0.3, -0.25) is 10.1 Å². The molecule has 0 fully saturated rings. The average molecular weight is 361 g/mol. The summed E-state index contributed by atoms with van der Waals surface area (Å²) in [4.78, 5) is 10.3. The summed E-state index contributed by atoms with van der Waals surface area (Å²) in [5.74, 6) is -0.253. The Morgan fingerprint density at radius 1 is 1.30 bits per heavy atom. The fraction of sp³-hybridized carbons (Fsp3) is 0.0769. The van der Waals surface area contributed by atoms with Gasteiger partial charge in [-0.15, -0.1) is 11.6 Å². The van der Waals surface area contributed by atoms with Crippen molar-refractivity contribution in [2.45, 2.75) is 5.88 Å². The number of rotatable bonds is 4. The monoisotopic (exact) mass is 359 g/mol. The molecule has 2 aromatic rings. The number of nitro benzene ring substituents is 1. The SMILES string of the molecule is O=[N+]([O-])c1ccc(Oc2ccc(Br)cc2F)cc1CCl. The summed E-state index contributed by atoms with van der Waals surface area (Å²) < 4.78 is 19.6. The van der Waals surface area contributed by atoms with Crippen molar-refractivity contribution >= 4 is 33.2 Å². The number of nitro groups is 1. The lowest BCUT2D eigenvalue weighted by Crippen LogP contribution is -1.95. The number of alkyl halides is 1. The molecule has 0 aliphatic rings. The first-order valence-electron chi connectivity index (χ1n) is 5.47. The largest absolute Gasteiger partial charge is 0.454 e. The van der Waals surface area contributed by atoms with Crippen LogP contribution >= 0.6 is 27.5 Å². The van der Waals surface area contributed by atoms with Crippen LogP contribution in [0, 0.1) is 15.9 Å². The van der Waals surface area contributed by atoms with E-state index < -0.39 is 10.7 Å². The summed E-state index contributed by atoms with van der Waals surface area (Å²) in [6.07, 6.45) is 0. The molecule has 0 saturated carbocycles. The normalized spacial score (nSPS) is 10.3. The Labute approximate surface area is 127 Å². The number of benzene rings is 2. The van der Waals surface area contributed by atoms with Crippen molar-refractivity contribution in [3.63, 3.8) is 0 Å². The number of nitrogens with zero attached hydrogens (tertiary/aromatic N) is 1. The molecule has 0 spiro atoms. The van der Waals surface area contributed by atoms with Gasteiger partial charge in [-0.25, -0.2) is 4.39 Å². The first kappa shape index (κ1) is 14.7. The predicted molar refractivity (Wildman–Crippen MR) is 76.8 cm³/mol. The molecule has 0 unspecified atom stereocenters. The van der Waals surface area contributed by atoms with Gasteiger partial charge in [0.1, 0.15) is 5.75 Å². The van der Waals surface area contributed by atoms with Crippen molar-refractivity contribution < 1.29 is 14.1 Å². The quantitative estimate of drug-likeness (QED) is 0.436. The second kappa shape index (κ2) is 6.19. The molecule has 0 N–H and O–H groups in total. The van der Waals surface area contributed by atoms with E-state index in [4.69, 9.17) is 16.3 Å². The van der Waals surface area contributed by atoms with E-state index in [9.17, 15) is 14.5 Å². The summed E-state index contributed by atoms with van der Waals surface area (Å²) in [6.45, 7) is 0. The molecule has 7 heteroatoms. The maximum atomic E-state index is 13.6. The third kappa shape index (κ3) is 3.26. The number of hydrogen-bond acceptors (Lipinski definition) is 3. The first-order chi connectivity index (χ1) is 9.51. The topological polar surface area (TPSA) is 52.4 Å². The van der Waals surface area contributed by atoms with E-state index >= 15 is 0 Å². The highest BCUT2D eigenvalue weighted by Crippen LogP contribution is 2.30. The highest BCUT2D eigenvalue weighted by molar-refractivity contribution is 9.10. The van der Waals surface area contributed by atoms with Gasteiger partial charge in [0.15, 0.2) is 11.6 Å². The van der Waals surface area contributed by atoms with Crippen LogP contribution in [-0.2, 0) is 5.88 Å². The Bertz CT molecular complexity index is 666. The molecular weight excluding hydrogens is 353 g/mol. The molecule has 0 heterocycles. The Morgan fingerprint density at radius 3 is 2.65 bits per heavy atom. The van der Waals surface area contributed by atoms with E-state index in [1.807, 2.05) is 0 Å². The van der Waals surface area contributed by atoms with Gasteiger partial charge < -0.3 is 4.74 Å². The van der Waals surface area contributed by atoms with Crippen molar-refractivity contribution in [2.24, 2.45) is 0 Å². The van der Waals surface area contributed by atoms with Crippen LogP contribution in [0.25, 0.3) is 0 Å². The number of ether oxygens (including phenoxy) is 1. The minimum absolute atomic E-state index is 0.0302. The van der Waals surface area contributed by atoms with Crippen LogP contribution in [-0.4, -0.2) is 4.92 Å². The van der Waals surface area contributed by atoms with E-state index in [0.29, 0.717) is 10.0 Å². The highest BCUT2D eigenvalue weighted by Gasteiger charge is 2.14. The Hall–Kier alpha value is -1.66. The molecule has 4 nitrogen and oxygen atoms in total. The Balaban J connectivity index is 2.32. The first-order valence-corrected chi connectivity index (χ1v) is 6.80. The van der Waals surface area contributed by atoms with Crippen LogP contribution in [0.4, 0.5) is 10.1 Å². The van der Waals surface area contributed by atoms with E-state index in [1.165, 1.54) is 30.3 Å². The second-order valence-electron chi connectivity index (χ2n) is 3.86. The molecule has 0 aliphatic heterocycles. The molecule has 2 rings (SSSR count). The minimum Gasteiger partial charge on any atom is -0.454 e. The van der Waals surface area contributed by atoms with Crippen LogP contribution in [0.2, 0.25) is 0 Å². The second-order valence-corrected chi connectivity index (χ2v) is 5.04. The van der Waals surface area contributed by atoms with E-state index in [1.54, 1.807) is 6.07 Å². The molecular formula is C13H8BrClFNO3. The Morgan fingerprint density at radius 2 is 2.05 bits per heavy atom. The van der Waals surface area contributed by atoms with Crippen LogP contribution in [0.15, 0.2) is 40.9 Å². The molecule has 0 aliphatic carbocycles. The van der Waals surface area contributed by atoms with Gasteiger partial charge in [0.2, 0.25) is 0 Å². The lowest BCUT2D eigenvalue weighted by atomic mass is 10.2. The fourth-order valence-corrected chi connectivity index (χ4v) is 2.14.